The summed E-state index contributed by atoms with van der Waals surface area (Å²) in [6, 6.07) is 10.6. The fourth-order valence-electron chi connectivity index (χ4n) is 2.45. The van der Waals surface area contributed by atoms with Crippen molar-refractivity contribution in [3.63, 3.8) is 0 Å². The molecule has 1 amide bonds. The Morgan fingerprint density at radius 2 is 1.72 bits per heavy atom. The molecular weight excluding hydrogens is 342 g/mol. The van der Waals surface area contributed by atoms with Gasteiger partial charge < -0.3 is 19.1 Å². The quantitative estimate of drug-likeness (QED) is 0.745. The lowest BCUT2D eigenvalue weighted by Gasteiger charge is -2.19. The van der Waals surface area contributed by atoms with Crippen LogP contribution in [-0.4, -0.2) is 38.7 Å². The first-order valence-electron chi connectivity index (χ1n) is 7.88. The van der Waals surface area contributed by atoms with Crippen LogP contribution in [0, 0.1) is 0 Å². The van der Waals surface area contributed by atoms with Crippen molar-refractivity contribution >= 4 is 17.5 Å². The molecule has 0 atom stereocenters. The van der Waals surface area contributed by atoms with Crippen LogP contribution in [0.5, 0.6) is 17.2 Å². The van der Waals surface area contributed by atoms with Crippen LogP contribution in [-0.2, 0) is 6.54 Å². The van der Waals surface area contributed by atoms with Gasteiger partial charge in [-0.15, -0.1) is 0 Å². The molecule has 0 radical (unpaired) electrons. The zero-order valence-electron chi connectivity index (χ0n) is 14.8. The van der Waals surface area contributed by atoms with Gasteiger partial charge in [0.2, 0.25) is 0 Å². The molecular formula is C19H22ClNO4. The lowest BCUT2D eigenvalue weighted by atomic mass is 10.1. The number of benzene rings is 2. The van der Waals surface area contributed by atoms with Gasteiger partial charge in [0.05, 0.1) is 25.8 Å². The predicted molar refractivity (Wildman–Crippen MR) is 98.0 cm³/mol. The summed E-state index contributed by atoms with van der Waals surface area (Å²) in [5.74, 6) is 1.73. The summed E-state index contributed by atoms with van der Waals surface area (Å²) < 4.78 is 15.9. The molecule has 0 spiro atoms. The highest BCUT2D eigenvalue weighted by Crippen LogP contribution is 2.29. The van der Waals surface area contributed by atoms with Crippen LogP contribution in [0.2, 0.25) is 5.02 Å². The third kappa shape index (κ3) is 4.57. The van der Waals surface area contributed by atoms with Crippen molar-refractivity contribution in [2.75, 3.05) is 27.9 Å². The van der Waals surface area contributed by atoms with Crippen LogP contribution < -0.4 is 14.2 Å². The molecule has 0 saturated heterocycles. The molecule has 0 aliphatic heterocycles. The number of nitrogens with zero attached hydrogens (tertiary/aromatic N) is 1. The fourth-order valence-corrected chi connectivity index (χ4v) is 2.69. The molecule has 0 N–H and O–H groups in total. The lowest BCUT2D eigenvalue weighted by Crippen LogP contribution is -2.26. The van der Waals surface area contributed by atoms with Crippen LogP contribution in [0.3, 0.4) is 0 Å². The molecule has 6 heteroatoms. The van der Waals surface area contributed by atoms with Crippen molar-refractivity contribution in [2.45, 2.75) is 13.5 Å². The molecule has 2 aromatic rings. The molecule has 0 aromatic heterocycles. The third-order valence-corrected chi connectivity index (χ3v) is 3.99. The summed E-state index contributed by atoms with van der Waals surface area (Å²) in [7, 11) is 4.91. The Hall–Kier alpha value is -2.40. The predicted octanol–water partition coefficient (Wildman–Crippen LogP) is 4.03. The number of ether oxygens (including phenoxy) is 3. The van der Waals surface area contributed by atoms with E-state index in [-0.39, 0.29) is 5.91 Å². The summed E-state index contributed by atoms with van der Waals surface area (Å²) in [6.07, 6.45) is 0. The summed E-state index contributed by atoms with van der Waals surface area (Å²) in [6.45, 7) is 2.84. The maximum atomic E-state index is 12.6. The standard InChI is InChI=1S/C19H22ClNO4/c1-5-25-16-9-7-14(11-15(16)20)19(22)21(2)12-13-6-8-17(23-3)18(10-13)24-4/h6-11H,5,12H2,1-4H3. The van der Waals surface area contributed by atoms with Gasteiger partial charge in [0.1, 0.15) is 5.75 Å². The highest BCUT2D eigenvalue weighted by molar-refractivity contribution is 6.32. The topological polar surface area (TPSA) is 48.0 Å². The van der Waals surface area contributed by atoms with E-state index in [9.17, 15) is 4.79 Å². The average Bonchev–Trinajstić information content (AvgIpc) is 2.62. The first-order chi connectivity index (χ1) is 12.0. The van der Waals surface area contributed by atoms with E-state index in [2.05, 4.69) is 0 Å². The number of carbonyl (C=O) groups is 1. The molecule has 0 saturated carbocycles. The van der Waals surface area contributed by atoms with E-state index >= 15 is 0 Å². The Bertz CT molecular complexity index is 748. The molecule has 134 valence electrons. The van der Waals surface area contributed by atoms with Crippen molar-refractivity contribution < 1.29 is 19.0 Å². The molecule has 0 aliphatic carbocycles. The van der Waals surface area contributed by atoms with E-state index in [0.29, 0.717) is 41.0 Å². The maximum absolute atomic E-state index is 12.6. The first kappa shape index (κ1) is 18.9. The molecule has 5 nitrogen and oxygen atoms in total. The normalized spacial score (nSPS) is 10.3. The second-order valence-corrected chi connectivity index (χ2v) is 5.84. The fraction of sp³-hybridized carbons (Fsp3) is 0.316. The number of carbonyl (C=O) groups excluding carboxylic acids is 1. The van der Waals surface area contributed by atoms with Crippen LogP contribution in [0.1, 0.15) is 22.8 Å². The lowest BCUT2D eigenvalue weighted by molar-refractivity contribution is 0.0785. The maximum Gasteiger partial charge on any atom is 0.253 e. The Morgan fingerprint density at radius 1 is 1.04 bits per heavy atom. The smallest absolute Gasteiger partial charge is 0.253 e. The summed E-state index contributed by atoms with van der Waals surface area (Å²) in [4.78, 5) is 14.2. The van der Waals surface area contributed by atoms with Crippen LogP contribution >= 0.6 is 11.6 Å². The van der Waals surface area contributed by atoms with Gasteiger partial charge in [-0.05, 0) is 42.8 Å². The van der Waals surface area contributed by atoms with E-state index in [1.54, 1.807) is 44.4 Å². The molecule has 0 bridgehead atoms. The number of hydrogen-bond acceptors (Lipinski definition) is 4. The zero-order chi connectivity index (χ0) is 18.4. The van der Waals surface area contributed by atoms with Crippen LogP contribution in [0.4, 0.5) is 0 Å². The number of methoxy groups -OCH3 is 2. The minimum atomic E-state index is -0.125. The van der Waals surface area contributed by atoms with E-state index in [4.69, 9.17) is 25.8 Å². The molecule has 0 aliphatic rings. The summed E-state index contributed by atoms with van der Waals surface area (Å²) >= 11 is 6.16. The first-order valence-corrected chi connectivity index (χ1v) is 8.26. The third-order valence-electron chi connectivity index (χ3n) is 3.69. The van der Waals surface area contributed by atoms with Gasteiger partial charge in [-0.3, -0.25) is 4.79 Å². The highest BCUT2D eigenvalue weighted by Gasteiger charge is 2.15. The van der Waals surface area contributed by atoms with Crippen LogP contribution in [0.15, 0.2) is 36.4 Å². The van der Waals surface area contributed by atoms with E-state index in [0.717, 1.165) is 5.56 Å². The van der Waals surface area contributed by atoms with E-state index in [1.165, 1.54) is 0 Å². The SMILES string of the molecule is CCOc1ccc(C(=O)N(C)Cc2ccc(OC)c(OC)c2)cc1Cl. The van der Waals surface area contributed by atoms with Gasteiger partial charge >= 0.3 is 0 Å². The molecule has 25 heavy (non-hydrogen) atoms. The van der Waals surface area contributed by atoms with Gasteiger partial charge in [0, 0.05) is 19.2 Å². The zero-order valence-corrected chi connectivity index (χ0v) is 15.6. The number of rotatable bonds is 7. The van der Waals surface area contributed by atoms with E-state index in [1.807, 2.05) is 25.1 Å². The van der Waals surface area contributed by atoms with Gasteiger partial charge in [0.25, 0.3) is 5.91 Å². The number of halogens is 1. The molecule has 2 rings (SSSR count). The van der Waals surface area contributed by atoms with Crippen molar-refractivity contribution in [1.82, 2.24) is 4.90 Å². The number of hydrogen-bond donors (Lipinski definition) is 0. The minimum Gasteiger partial charge on any atom is -0.493 e. The van der Waals surface area contributed by atoms with Gasteiger partial charge in [-0.1, -0.05) is 17.7 Å². The largest absolute Gasteiger partial charge is 0.493 e. The van der Waals surface area contributed by atoms with Crippen molar-refractivity contribution in [1.29, 1.82) is 0 Å². The molecule has 0 heterocycles. The summed E-state index contributed by atoms with van der Waals surface area (Å²) in [5, 5.41) is 0.423. The second kappa shape index (κ2) is 8.62. The number of amides is 1. The van der Waals surface area contributed by atoms with Gasteiger partial charge in [-0.25, -0.2) is 0 Å². The average molecular weight is 364 g/mol. The van der Waals surface area contributed by atoms with E-state index < -0.39 is 0 Å². The Labute approximate surface area is 153 Å². The highest BCUT2D eigenvalue weighted by atomic mass is 35.5. The molecule has 0 fully saturated rings. The Balaban J connectivity index is 2.13. The summed E-state index contributed by atoms with van der Waals surface area (Å²) in [5.41, 5.74) is 1.45. The van der Waals surface area contributed by atoms with Gasteiger partial charge in [-0.2, -0.15) is 0 Å². The van der Waals surface area contributed by atoms with Crippen molar-refractivity contribution in [3.8, 4) is 17.2 Å². The minimum absolute atomic E-state index is 0.125. The van der Waals surface area contributed by atoms with Crippen molar-refractivity contribution in [2.24, 2.45) is 0 Å². The molecule has 2 aromatic carbocycles. The van der Waals surface area contributed by atoms with Gasteiger partial charge in [0.15, 0.2) is 11.5 Å². The Kier molecular flexibility index (Phi) is 6.53. The Morgan fingerprint density at radius 3 is 2.32 bits per heavy atom. The monoisotopic (exact) mass is 363 g/mol. The second-order valence-electron chi connectivity index (χ2n) is 5.43. The van der Waals surface area contributed by atoms with Crippen molar-refractivity contribution in [3.05, 3.63) is 52.5 Å². The molecule has 0 unspecified atom stereocenters. The van der Waals surface area contributed by atoms with Crippen LogP contribution in [0.25, 0.3) is 0 Å².